The third kappa shape index (κ3) is 7.21. The van der Waals surface area contributed by atoms with Gasteiger partial charge in [0.05, 0.1) is 6.33 Å². The fourth-order valence-corrected chi connectivity index (χ4v) is 5.81. The molecule has 0 aromatic carbocycles. The highest BCUT2D eigenvalue weighted by Gasteiger charge is 2.28. The zero-order valence-corrected chi connectivity index (χ0v) is 16.8. The number of imidazole rings is 1. The van der Waals surface area contributed by atoms with E-state index in [-0.39, 0.29) is 0 Å². The van der Waals surface area contributed by atoms with Gasteiger partial charge in [0.15, 0.2) is 0 Å². The molecule has 24 heavy (non-hydrogen) atoms. The van der Waals surface area contributed by atoms with Crippen LogP contribution in [-0.4, -0.2) is 20.6 Å². The monoisotopic (exact) mass is 350 g/mol. The molecule has 0 saturated heterocycles. The molecule has 1 saturated carbocycles. The van der Waals surface area contributed by atoms with Gasteiger partial charge in [-0.1, -0.05) is 58.8 Å². The lowest BCUT2D eigenvalue weighted by molar-refractivity contribution is 0.243. The van der Waals surface area contributed by atoms with E-state index < -0.39 is 0 Å². The van der Waals surface area contributed by atoms with E-state index in [9.17, 15) is 0 Å². The molecule has 0 aliphatic heterocycles. The zero-order chi connectivity index (χ0) is 17.0. The minimum Gasteiger partial charge on any atom is -0.337 e. The second kappa shape index (κ2) is 12.0. The van der Waals surface area contributed by atoms with Gasteiger partial charge < -0.3 is 4.57 Å². The number of hydrogen-bond acceptors (Lipinski definition) is 2. The highest BCUT2D eigenvalue weighted by molar-refractivity contribution is 7.99. The Balaban J connectivity index is 1.74. The third-order valence-corrected chi connectivity index (χ3v) is 7.24. The van der Waals surface area contributed by atoms with Crippen LogP contribution in [0, 0.1) is 11.8 Å². The van der Waals surface area contributed by atoms with Gasteiger partial charge in [-0.25, -0.2) is 4.98 Å². The van der Waals surface area contributed by atoms with Crippen LogP contribution < -0.4 is 0 Å². The van der Waals surface area contributed by atoms with Gasteiger partial charge in [-0.15, -0.1) is 0 Å². The lowest BCUT2D eigenvalue weighted by atomic mass is 9.77. The molecule has 1 aliphatic rings. The minimum absolute atomic E-state index is 0.884. The second-order valence-electron chi connectivity index (χ2n) is 7.69. The third-order valence-electron chi connectivity index (χ3n) is 5.70. The van der Waals surface area contributed by atoms with Crippen molar-refractivity contribution in [3.63, 3.8) is 0 Å². The zero-order valence-electron chi connectivity index (χ0n) is 16.0. The Kier molecular flexibility index (Phi) is 9.94. The fourth-order valence-electron chi connectivity index (χ4n) is 4.15. The molecule has 1 fully saturated rings. The number of aryl methyl sites for hydroxylation is 1. The smallest absolute Gasteiger partial charge is 0.0945 e. The number of rotatable bonds is 12. The van der Waals surface area contributed by atoms with Crippen LogP contribution in [0.2, 0.25) is 0 Å². The van der Waals surface area contributed by atoms with Crippen LogP contribution in [0.15, 0.2) is 18.7 Å². The van der Waals surface area contributed by atoms with E-state index in [2.05, 4.69) is 41.4 Å². The van der Waals surface area contributed by atoms with Crippen LogP contribution in [0.5, 0.6) is 0 Å². The Morgan fingerprint density at radius 3 is 2.71 bits per heavy atom. The van der Waals surface area contributed by atoms with Crippen molar-refractivity contribution >= 4 is 11.8 Å². The van der Waals surface area contributed by atoms with Crippen molar-refractivity contribution in [3.05, 3.63) is 18.7 Å². The predicted octanol–water partition coefficient (Wildman–Crippen LogP) is 6.56. The summed E-state index contributed by atoms with van der Waals surface area (Å²) in [4.78, 5) is 4.16. The van der Waals surface area contributed by atoms with Crippen molar-refractivity contribution in [2.75, 3.05) is 5.75 Å². The van der Waals surface area contributed by atoms with E-state index in [0.717, 1.165) is 23.6 Å². The summed E-state index contributed by atoms with van der Waals surface area (Å²) in [6.45, 7) is 5.94. The van der Waals surface area contributed by atoms with Crippen LogP contribution in [0.1, 0.15) is 84.5 Å². The summed E-state index contributed by atoms with van der Waals surface area (Å²) in [5, 5.41) is 0.884. The highest BCUT2D eigenvalue weighted by atomic mass is 32.2. The fraction of sp³-hybridized carbons (Fsp3) is 0.857. The maximum absolute atomic E-state index is 4.16. The summed E-state index contributed by atoms with van der Waals surface area (Å²) in [5.41, 5.74) is 0. The van der Waals surface area contributed by atoms with Crippen molar-refractivity contribution in [1.82, 2.24) is 9.55 Å². The SMILES string of the molecule is CCCCCCCSC(CCCn1ccnc1)C1CCCCC1C. The molecule has 1 aromatic rings. The van der Waals surface area contributed by atoms with Gasteiger partial charge in [0.1, 0.15) is 0 Å². The second-order valence-corrected chi connectivity index (χ2v) is 9.04. The topological polar surface area (TPSA) is 17.8 Å². The van der Waals surface area contributed by atoms with Gasteiger partial charge in [0.25, 0.3) is 0 Å². The largest absolute Gasteiger partial charge is 0.337 e. The first-order valence-corrected chi connectivity index (χ1v) is 11.4. The van der Waals surface area contributed by atoms with Crippen molar-refractivity contribution in [1.29, 1.82) is 0 Å². The van der Waals surface area contributed by atoms with E-state index in [0.29, 0.717) is 0 Å². The molecular weight excluding hydrogens is 312 g/mol. The van der Waals surface area contributed by atoms with E-state index in [4.69, 9.17) is 0 Å². The highest BCUT2D eigenvalue weighted by Crippen LogP contribution is 2.39. The minimum atomic E-state index is 0.884. The summed E-state index contributed by atoms with van der Waals surface area (Å²) >= 11 is 2.30. The summed E-state index contributed by atoms with van der Waals surface area (Å²) in [5.74, 6) is 3.27. The predicted molar refractivity (Wildman–Crippen MR) is 108 cm³/mol. The Hall–Kier alpha value is -0.440. The van der Waals surface area contributed by atoms with Gasteiger partial charge >= 0.3 is 0 Å². The molecule has 0 spiro atoms. The molecule has 1 aromatic heterocycles. The van der Waals surface area contributed by atoms with E-state index in [1.165, 1.54) is 76.4 Å². The number of hydrogen-bond donors (Lipinski definition) is 0. The lowest BCUT2D eigenvalue weighted by Gasteiger charge is -2.35. The summed E-state index contributed by atoms with van der Waals surface area (Å²) in [7, 11) is 0. The maximum Gasteiger partial charge on any atom is 0.0945 e. The van der Waals surface area contributed by atoms with Crippen LogP contribution in [0.25, 0.3) is 0 Å². The van der Waals surface area contributed by atoms with Crippen LogP contribution in [0.4, 0.5) is 0 Å². The Bertz CT molecular complexity index is 404. The van der Waals surface area contributed by atoms with Gasteiger partial charge in [0.2, 0.25) is 0 Å². The van der Waals surface area contributed by atoms with Gasteiger partial charge in [-0.05, 0) is 43.3 Å². The molecule has 2 rings (SSSR count). The van der Waals surface area contributed by atoms with E-state index in [1.807, 2.05) is 12.5 Å². The first-order chi connectivity index (χ1) is 11.8. The van der Waals surface area contributed by atoms with E-state index >= 15 is 0 Å². The molecular formula is C21H38N2S. The molecule has 2 nitrogen and oxygen atoms in total. The van der Waals surface area contributed by atoms with Crippen molar-refractivity contribution in [2.45, 2.75) is 96.3 Å². The van der Waals surface area contributed by atoms with Gasteiger partial charge in [0, 0.05) is 24.2 Å². The Morgan fingerprint density at radius 1 is 1.12 bits per heavy atom. The molecule has 138 valence electrons. The Morgan fingerprint density at radius 2 is 1.96 bits per heavy atom. The molecule has 0 bridgehead atoms. The first kappa shape index (κ1) is 19.9. The molecule has 0 N–H and O–H groups in total. The van der Waals surface area contributed by atoms with Gasteiger partial charge in [-0.2, -0.15) is 11.8 Å². The molecule has 3 atom stereocenters. The average Bonchev–Trinajstić information content (AvgIpc) is 3.10. The summed E-state index contributed by atoms with van der Waals surface area (Å²) < 4.78 is 2.23. The van der Waals surface area contributed by atoms with Crippen LogP contribution in [-0.2, 0) is 6.54 Å². The molecule has 3 heteroatoms. The van der Waals surface area contributed by atoms with Gasteiger partial charge in [-0.3, -0.25) is 0 Å². The standard InChI is InChI=1S/C21H38N2S/c1-3-4-5-6-9-17-24-21(20-12-8-7-11-19(20)2)13-10-15-23-16-14-22-18-23/h14,16,18-21H,3-13,15,17H2,1-2H3. The number of aromatic nitrogens is 2. The van der Waals surface area contributed by atoms with E-state index in [1.54, 1.807) is 0 Å². The molecule has 3 unspecified atom stereocenters. The molecule has 0 radical (unpaired) electrons. The normalized spacial score (nSPS) is 22.6. The quantitative estimate of drug-likeness (QED) is 0.397. The number of unbranched alkanes of at least 4 members (excludes halogenated alkanes) is 4. The van der Waals surface area contributed by atoms with Crippen LogP contribution >= 0.6 is 11.8 Å². The Labute approximate surface area is 154 Å². The summed E-state index contributed by atoms with van der Waals surface area (Å²) in [6, 6.07) is 0. The average molecular weight is 351 g/mol. The van der Waals surface area contributed by atoms with Crippen molar-refractivity contribution < 1.29 is 0 Å². The lowest BCUT2D eigenvalue weighted by Crippen LogP contribution is -2.28. The first-order valence-electron chi connectivity index (χ1n) is 10.4. The van der Waals surface area contributed by atoms with Crippen LogP contribution in [0.3, 0.4) is 0 Å². The molecule has 1 aliphatic carbocycles. The molecule has 1 heterocycles. The van der Waals surface area contributed by atoms with Crippen molar-refractivity contribution in [2.24, 2.45) is 11.8 Å². The maximum atomic E-state index is 4.16. The molecule has 0 amide bonds. The number of thioether (sulfide) groups is 1. The summed E-state index contributed by atoms with van der Waals surface area (Å²) in [6.07, 6.45) is 21.5. The van der Waals surface area contributed by atoms with Crippen molar-refractivity contribution in [3.8, 4) is 0 Å². The number of nitrogens with zero attached hydrogens (tertiary/aromatic N) is 2.